The number of Topliss-reactive ketones (excluding diaryl/α,β-unsaturated/α-hetero) is 1. The number of rotatable bonds is 13. The topological polar surface area (TPSA) is 131 Å². The number of nitrogens with zero attached hydrogens (tertiary/aromatic N) is 4. The van der Waals surface area contributed by atoms with Crippen LogP contribution in [0.2, 0.25) is 0 Å². The predicted octanol–water partition coefficient (Wildman–Crippen LogP) is 6.01. The van der Waals surface area contributed by atoms with Crippen molar-refractivity contribution < 1.29 is 33.0 Å². The number of benzene rings is 2. The van der Waals surface area contributed by atoms with Gasteiger partial charge in [-0.05, 0) is 82.0 Å². The average Bonchev–Trinajstić information content (AvgIpc) is 3.10. The summed E-state index contributed by atoms with van der Waals surface area (Å²) in [5.41, 5.74) is 2.22. The predicted molar refractivity (Wildman–Crippen MR) is 186 cm³/mol. The number of pyridine rings is 2. The van der Waals surface area contributed by atoms with Crippen LogP contribution in [0.25, 0.3) is 10.9 Å². The molecule has 0 atom stereocenters. The number of piperazine rings is 1. The standard InChI is InChI=1S/C37H44FN5O4.CO2/c1-37(2,3)47-36(45)40-19-7-8-21-42-22-24-43(25-23-42)35-30-12-9-20-39-32(30)34(46-26-28-10-5-4-6-11-28)33(41-35)31(44)18-15-27-13-16-29(38)17-14-27;2-1-3/h4-6,9-14,16-17,20H,7-8,15,18-19,21-26H2,1-3H3,(H,40,45);. The molecule has 1 aliphatic rings. The van der Waals surface area contributed by atoms with Gasteiger partial charge < -0.3 is 19.7 Å². The summed E-state index contributed by atoms with van der Waals surface area (Å²) in [5, 5.41) is 3.67. The van der Waals surface area contributed by atoms with Crippen LogP contribution in [0.3, 0.4) is 0 Å². The number of amides is 1. The molecule has 5 rings (SSSR count). The van der Waals surface area contributed by atoms with Crippen molar-refractivity contribution >= 4 is 34.7 Å². The number of halogens is 1. The Labute approximate surface area is 291 Å². The molecule has 1 fully saturated rings. The summed E-state index contributed by atoms with van der Waals surface area (Å²) in [4.78, 5) is 56.3. The number of carbonyl (C=O) groups excluding carboxylic acids is 4. The number of anilines is 1. The molecule has 2 aromatic heterocycles. The summed E-state index contributed by atoms with van der Waals surface area (Å²) in [7, 11) is 0. The van der Waals surface area contributed by atoms with E-state index in [4.69, 9.17) is 24.0 Å². The molecule has 3 heterocycles. The van der Waals surface area contributed by atoms with E-state index in [1.807, 2.05) is 63.2 Å². The molecule has 50 heavy (non-hydrogen) atoms. The molecular formula is C38H44FN5O6. The molecule has 0 spiro atoms. The number of ketones is 1. The van der Waals surface area contributed by atoms with Crippen LogP contribution >= 0.6 is 0 Å². The van der Waals surface area contributed by atoms with Gasteiger partial charge in [0.2, 0.25) is 0 Å². The molecule has 1 amide bonds. The maximum absolute atomic E-state index is 13.8. The van der Waals surface area contributed by atoms with Crippen molar-refractivity contribution in [1.29, 1.82) is 0 Å². The van der Waals surface area contributed by atoms with E-state index < -0.39 is 5.60 Å². The number of aromatic nitrogens is 2. The Morgan fingerprint density at radius 3 is 2.30 bits per heavy atom. The molecule has 1 saturated heterocycles. The molecule has 264 valence electrons. The van der Waals surface area contributed by atoms with Crippen LogP contribution in [0.5, 0.6) is 5.75 Å². The number of ether oxygens (including phenoxy) is 2. The van der Waals surface area contributed by atoms with Gasteiger partial charge in [-0.15, -0.1) is 0 Å². The highest BCUT2D eigenvalue weighted by atomic mass is 19.1. The van der Waals surface area contributed by atoms with E-state index in [0.717, 1.165) is 67.9 Å². The second kappa shape index (κ2) is 18.5. The molecule has 0 saturated carbocycles. The Morgan fingerprint density at radius 2 is 1.62 bits per heavy atom. The largest absolute Gasteiger partial charge is 0.484 e. The van der Waals surface area contributed by atoms with Gasteiger partial charge in [-0.2, -0.15) is 9.59 Å². The molecule has 1 N–H and O–H groups in total. The molecule has 0 bridgehead atoms. The minimum Gasteiger partial charge on any atom is -0.484 e. The van der Waals surface area contributed by atoms with Crippen LogP contribution in [0.4, 0.5) is 15.0 Å². The summed E-state index contributed by atoms with van der Waals surface area (Å²) in [6.45, 7) is 10.5. The van der Waals surface area contributed by atoms with E-state index >= 15 is 0 Å². The smallest absolute Gasteiger partial charge is 0.407 e. The summed E-state index contributed by atoms with van der Waals surface area (Å²) in [6, 6.07) is 19.9. The lowest BCUT2D eigenvalue weighted by molar-refractivity contribution is -0.191. The fourth-order valence-electron chi connectivity index (χ4n) is 5.57. The number of unbranched alkanes of at least 4 members (excludes halogenated alkanes) is 1. The van der Waals surface area contributed by atoms with E-state index in [0.29, 0.717) is 24.2 Å². The second-order valence-electron chi connectivity index (χ2n) is 12.9. The Hall–Kier alpha value is -5.19. The van der Waals surface area contributed by atoms with Crippen molar-refractivity contribution in [2.45, 2.75) is 58.7 Å². The van der Waals surface area contributed by atoms with E-state index in [-0.39, 0.29) is 42.6 Å². The van der Waals surface area contributed by atoms with Crippen molar-refractivity contribution in [2.24, 2.45) is 0 Å². The van der Waals surface area contributed by atoms with Gasteiger partial charge >= 0.3 is 12.2 Å². The number of nitrogens with one attached hydrogen (secondary N) is 1. The normalized spacial score (nSPS) is 13.2. The molecule has 0 radical (unpaired) electrons. The summed E-state index contributed by atoms with van der Waals surface area (Å²) >= 11 is 0. The first kappa shape index (κ1) is 37.6. The Kier molecular flexibility index (Phi) is 14.0. The van der Waals surface area contributed by atoms with Crippen LogP contribution in [0.15, 0.2) is 72.9 Å². The van der Waals surface area contributed by atoms with Crippen molar-refractivity contribution in [3.8, 4) is 5.75 Å². The lowest BCUT2D eigenvalue weighted by Crippen LogP contribution is -2.47. The molecule has 0 aliphatic carbocycles. The van der Waals surface area contributed by atoms with Gasteiger partial charge in [0.05, 0.1) is 0 Å². The van der Waals surface area contributed by atoms with E-state index in [1.165, 1.54) is 12.1 Å². The quantitative estimate of drug-likeness (QED) is 0.132. The number of aryl methyl sites for hydroxylation is 1. The minimum atomic E-state index is -0.506. The zero-order valence-electron chi connectivity index (χ0n) is 28.8. The van der Waals surface area contributed by atoms with E-state index in [1.54, 1.807) is 18.3 Å². The summed E-state index contributed by atoms with van der Waals surface area (Å²) in [5.74, 6) is 0.658. The Balaban J connectivity index is 0.00000181. The highest BCUT2D eigenvalue weighted by Gasteiger charge is 2.26. The zero-order valence-corrected chi connectivity index (χ0v) is 28.8. The Morgan fingerprint density at radius 1 is 0.920 bits per heavy atom. The van der Waals surface area contributed by atoms with Gasteiger partial charge in [0.25, 0.3) is 0 Å². The van der Waals surface area contributed by atoms with Crippen LogP contribution in [0, 0.1) is 5.82 Å². The number of hydrogen-bond acceptors (Lipinski definition) is 10. The maximum Gasteiger partial charge on any atom is 0.407 e. The maximum atomic E-state index is 13.8. The second-order valence-corrected chi connectivity index (χ2v) is 12.9. The molecule has 1 aliphatic heterocycles. The first-order valence-electron chi connectivity index (χ1n) is 16.7. The molecule has 11 nitrogen and oxygen atoms in total. The van der Waals surface area contributed by atoms with Gasteiger partial charge in [0.1, 0.15) is 29.4 Å². The fourth-order valence-corrected chi connectivity index (χ4v) is 5.57. The van der Waals surface area contributed by atoms with Gasteiger partial charge in [-0.25, -0.2) is 14.2 Å². The lowest BCUT2D eigenvalue weighted by Gasteiger charge is -2.36. The molecule has 0 unspecified atom stereocenters. The number of carbonyl (C=O) groups is 2. The third kappa shape index (κ3) is 11.5. The summed E-state index contributed by atoms with van der Waals surface area (Å²) < 4.78 is 25.1. The van der Waals surface area contributed by atoms with Crippen molar-refractivity contribution in [2.75, 3.05) is 44.2 Å². The molecular weight excluding hydrogens is 641 g/mol. The van der Waals surface area contributed by atoms with Gasteiger partial charge in [-0.3, -0.25) is 14.7 Å². The van der Waals surface area contributed by atoms with Crippen molar-refractivity contribution in [3.05, 3.63) is 95.6 Å². The van der Waals surface area contributed by atoms with Crippen LogP contribution in [0.1, 0.15) is 61.6 Å². The first-order chi connectivity index (χ1) is 24.1. The van der Waals surface area contributed by atoms with E-state index in [2.05, 4.69) is 20.1 Å². The monoisotopic (exact) mass is 685 g/mol. The minimum absolute atomic E-state index is 0.148. The lowest BCUT2D eigenvalue weighted by atomic mass is 10.0. The SMILES string of the molecule is CC(C)(C)OC(=O)NCCCCN1CCN(c2nc(C(=O)CCc3ccc(F)cc3)c(OCc3ccccc3)c3ncccc23)CC1.O=C=O. The highest BCUT2D eigenvalue weighted by Crippen LogP contribution is 2.35. The van der Waals surface area contributed by atoms with Crippen LogP contribution in [-0.2, 0) is 27.4 Å². The third-order valence-electron chi connectivity index (χ3n) is 7.98. The number of fused-ring (bicyclic) bond motifs is 1. The van der Waals surface area contributed by atoms with Gasteiger partial charge in [0, 0.05) is 50.7 Å². The molecule has 12 heteroatoms. The molecule has 2 aromatic carbocycles. The number of alkyl carbamates (subject to hydrolysis) is 1. The van der Waals surface area contributed by atoms with E-state index in [9.17, 15) is 14.0 Å². The summed E-state index contributed by atoms with van der Waals surface area (Å²) in [6.07, 6.45) is 4.07. The van der Waals surface area contributed by atoms with Crippen molar-refractivity contribution in [1.82, 2.24) is 20.2 Å². The average molecular weight is 686 g/mol. The first-order valence-corrected chi connectivity index (χ1v) is 16.7. The highest BCUT2D eigenvalue weighted by molar-refractivity contribution is 6.05. The fraction of sp³-hybridized carbons (Fsp3) is 0.395. The Bertz CT molecular complexity index is 1730. The third-order valence-corrected chi connectivity index (χ3v) is 7.98. The number of hydrogen-bond donors (Lipinski definition) is 1. The van der Waals surface area contributed by atoms with Gasteiger partial charge in [0.15, 0.2) is 17.2 Å². The van der Waals surface area contributed by atoms with Crippen LogP contribution in [-0.4, -0.2) is 77.8 Å². The zero-order chi connectivity index (χ0) is 35.9. The van der Waals surface area contributed by atoms with Crippen LogP contribution < -0.4 is 15.0 Å². The molecule has 4 aromatic rings. The van der Waals surface area contributed by atoms with Crippen molar-refractivity contribution in [3.63, 3.8) is 0 Å². The van der Waals surface area contributed by atoms with Gasteiger partial charge in [-0.1, -0.05) is 42.5 Å².